The Hall–Kier alpha value is -3.23. The molecule has 9 heteroatoms. The van der Waals surface area contributed by atoms with Gasteiger partial charge in [0.05, 0.1) is 23.2 Å². The van der Waals surface area contributed by atoms with Crippen molar-refractivity contribution in [2.75, 3.05) is 0 Å². The summed E-state index contributed by atoms with van der Waals surface area (Å²) >= 11 is 0. The van der Waals surface area contributed by atoms with E-state index in [1.165, 1.54) is 30.1 Å². The van der Waals surface area contributed by atoms with Crippen LogP contribution in [0.15, 0.2) is 36.7 Å². The average Bonchev–Trinajstić information content (AvgIpc) is 2.99. The van der Waals surface area contributed by atoms with Crippen LogP contribution in [-0.4, -0.2) is 36.9 Å². The van der Waals surface area contributed by atoms with E-state index < -0.39 is 22.3 Å². The minimum absolute atomic E-state index is 0.0430. The Morgan fingerprint density at radius 3 is 2.48 bits per heavy atom. The first-order chi connectivity index (χ1) is 11.8. The summed E-state index contributed by atoms with van der Waals surface area (Å²) in [7, 11) is 0. The zero-order valence-electron chi connectivity index (χ0n) is 13.5. The molecule has 0 aliphatic rings. The molecule has 0 saturated carbocycles. The van der Waals surface area contributed by atoms with Crippen molar-refractivity contribution in [2.45, 2.75) is 26.3 Å². The van der Waals surface area contributed by atoms with Crippen molar-refractivity contribution >= 4 is 17.6 Å². The molecule has 2 rings (SSSR count). The number of nitrogens with zero attached hydrogens (tertiary/aromatic N) is 3. The van der Waals surface area contributed by atoms with Crippen molar-refractivity contribution in [1.29, 1.82) is 0 Å². The zero-order chi connectivity index (χ0) is 18.6. The van der Waals surface area contributed by atoms with Crippen LogP contribution in [0.2, 0.25) is 0 Å². The maximum absolute atomic E-state index is 11.4. The van der Waals surface area contributed by atoms with Gasteiger partial charge in [-0.05, 0) is 12.0 Å². The molecule has 0 saturated heterocycles. The summed E-state index contributed by atoms with van der Waals surface area (Å²) in [5.74, 6) is -2.82. The summed E-state index contributed by atoms with van der Waals surface area (Å²) in [6, 6.07) is 6.22. The first-order valence-corrected chi connectivity index (χ1v) is 7.50. The van der Waals surface area contributed by atoms with Crippen molar-refractivity contribution in [3.63, 3.8) is 0 Å². The summed E-state index contributed by atoms with van der Waals surface area (Å²) < 4.78 is 1.42. The van der Waals surface area contributed by atoms with Gasteiger partial charge in [-0.3, -0.25) is 24.4 Å². The molecule has 2 aromatic rings. The number of carboxylic acids is 2. The van der Waals surface area contributed by atoms with Crippen LogP contribution >= 0.6 is 0 Å². The molecule has 0 amide bonds. The first kappa shape index (κ1) is 18.1. The Morgan fingerprint density at radius 1 is 1.28 bits per heavy atom. The number of para-hydroxylation sites is 1. The Bertz CT molecular complexity index is 800. The van der Waals surface area contributed by atoms with Crippen molar-refractivity contribution in [1.82, 2.24) is 9.78 Å². The van der Waals surface area contributed by atoms with Gasteiger partial charge in [-0.15, -0.1) is 0 Å². The summed E-state index contributed by atoms with van der Waals surface area (Å²) in [6.45, 7) is 1.62. The highest BCUT2D eigenvalue weighted by Crippen LogP contribution is 2.28. The summed E-state index contributed by atoms with van der Waals surface area (Å²) in [5.41, 5.74) is -1.09. The zero-order valence-corrected chi connectivity index (χ0v) is 13.5. The van der Waals surface area contributed by atoms with Gasteiger partial charge in [0.2, 0.25) is 0 Å². The van der Waals surface area contributed by atoms with Gasteiger partial charge in [0, 0.05) is 18.7 Å². The van der Waals surface area contributed by atoms with Gasteiger partial charge in [-0.25, -0.2) is 0 Å². The number of nitro groups is 1. The largest absolute Gasteiger partial charge is 0.480 e. The Balaban J connectivity index is 2.25. The smallest absolute Gasteiger partial charge is 0.321 e. The third-order valence-electron chi connectivity index (χ3n) is 4.14. The second-order valence-corrected chi connectivity index (χ2v) is 5.65. The molecule has 132 valence electrons. The molecule has 0 radical (unpaired) electrons. The summed E-state index contributed by atoms with van der Waals surface area (Å²) in [4.78, 5) is 33.4. The molecule has 0 aliphatic heterocycles. The topological polar surface area (TPSA) is 136 Å². The lowest BCUT2D eigenvalue weighted by atomic mass is 9.80. The van der Waals surface area contributed by atoms with E-state index in [9.17, 15) is 29.9 Å². The maximum Gasteiger partial charge on any atom is 0.321 e. The Morgan fingerprint density at radius 2 is 1.92 bits per heavy atom. The van der Waals surface area contributed by atoms with Crippen molar-refractivity contribution < 1.29 is 24.7 Å². The van der Waals surface area contributed by atoms with Crippen LogP contribution in [0, 0.1) is 15.5 Å². The lowest BCUT2D eigenvalue weighted by molar-refractivity contribution is -0.385. The predicted octanol–water partition coefficient (Wildman–Crippen LogP) is 1.95. The molecule has 2 N–H and O–H groups in total. The third kappa shape index (κ3) is 3.65. The van der Waals surface area contributed by atoms with Crippen LogP contribution in [0.5, 0.6) is 0 Å². The quantitative estimate of drug-likeness (QED) is 0.423. The fourth-order valence-corrected chi connectivity index (χ4v) is 2.60. The molecular weight excluding hydrogens is 330 g/mol. The molecule has 0 atom stereocenters. The normalized spacial score (nSPS) is 11.2. The highest BCUT2D eigenvalue weighted by Gasteiger charge is 2.45. The minimum Gasteiger partial charge on any atom is -0.480 e. The minimum atomic E-state index is -1.92. The molecular formula is C16H17N3O6. The SMILES string of the molecule is CCC(Cc1cnn(Cc2ccccc2[N+](=O)[O-])c1)(C(=O)O)C(=O)O. The number of nitro benzene ring substituents is 1. The molecule has 0 bridgehead atoms. The third-order valence-corrected chi connectivity index (χ3v) is 4.14. The van der Waals surface area contributed by atoms with Gasteiger partial charge >= 0.3 is 11.9 Å². The van der Waals surface area contributed by atoms with Crippen LogP contribution in [-0.2, 0) is 22.6 Å². The van der Waals surface area contributed by atoms with Crippen LogP contribution in [0.4, 0.5) is 5.69 Å². The molecule has 0 fully saturated rings. The Labute approximate surface area is 142 Å². The molecule has 0 unspecified atom stereocenters. The summed E-state index contributed by atoms with van der Waals surface area (Å²) in [6.07, 6.45) is 2.59. The number of carboxylic acid groups (broad SMARTS) is 2. The van der Waals surface area contributed by atoms with E-state index in [-0.39, 0.29) is 25.1 Å². The molecule has 1 aromatic heterocycles. The second-order valence-electron chi connectivity index (χ2n) is 5.65. The van der Waals surface area contributed by atoms with E-state index in [1.807, 2.05) is 0 Å². The van der Waals surface area contributed by atoms with Gasteiger partial charge in [0.15, 0.2) is 5.41 Å². The highest BCUT2D eigenvalue weighted by atomic mass is 16.6. The highest BCUT2D eigenvalue weighted by molar-refractivity contribution is 5.98. The van der Waals surface area contributed by atoms with Crippen molar-refractivity contribution in [3.8, 4) is 0 Å². The van der Waals surface area contributed by atoms with Crippen LogP contribution in [0.1, 0.15) is 24.5 Å². The molecule has 0 aliphatic carbocycles. The summed E-state index contributed by atoms with van der Waals surface area (Å²) in [5, 5.41) is 33.7. The van der Waals surface area contributed by atoms with E-state index in [2.05, 4.69) is 5.10 Å². The fourth-order valence-electron chi connectivity index (χ4n) is 2.60. The number of aromatic nitrogens is 2. The van der Waals surface area contributed by atoms with E-state index in [0.29, 0.717) is 11.1 Å². The number of benzene rings is 1. The average molecular weight is 347 g/mol. The molecule has 1 heterocycles. The van der Waals surface area contributed by atoms with Crippen LogP contribution in [0.25, 0.3) is 0 Å². The van der Waals surface area contributed by atoms with Gasteiger partial charge in [0.1, 0.15) is 0 Å². The second kappa shape index (κ2) is 7.12. The lowest BCUT2D eigenvalue weighted by Gasteiger charge is -2.22. The first-order valence-electron chi connectivity index (χ1n) is 7.50. The monoisotopic (exact) mass is 347 g/mol. The Kier molecular flexibility index (Phi) is 5.16. The van der Waals surface area contributed by atoms with Crippen molar-refractivity contribution in [3.05, 3.63) is 57.9 Å². The number of hydrogen-bond acceptors (Lipinski definition) is 5. The van der Waals surface area contributed by atoms with Gasteiger partial charge in [-0.2, -0.15) is 5.10 Å². The van der Waals surface area contributed by atoms with Gasteiger partial charge in [-0.1, -0.05) is 25.1 Å². The maximum atomic E-state index is 11.4. The lowest BCUT2D eigenvalue weighted by Crippen LogP contribution is -2.40. The molecule has 1 aromatic carbocycles. The van der Waals surface area contributed by atoms with Gasteiger partial charge < -0.3 is 10.2 Å². The van der Waals surface area contributed by atoms with Gasteiger partial charge in [0.25, 0.3) is 5.69 Å². The molecule has 25 heavy (non-hydrogen) atoms. The fraction of sp³-hybridized carbons (Fsp3) is 0.312. The van der Waals surface area contributed by atoms with E-state index >= 15 is 0 Å². The molecule has 9 nitrogen and oxygen atoms in total. The van der Waals surface area contributed by atoms with E-state index in [1.54, 1.807) is 18.2 Å². The van der Waals surface area contributed by atoms with Crippen LogP contribution in [0.3, 0.4) is 0 Å². The number of carbonyl (C=O) groups is 2. The predicted molar refractivity (Wildman–Crippen MR) is 86.1 cm³/mol. The molecule has 0 spiro atoms. The van der Waals surface area contributed by atoms with Crippen LogP contribution < -0.4 is 0 Å². The number of aliphatic carboxylic acids is 2. The number of hydrogen-bond donors (Lipinski definition) is 2. The number of rotatable bonds is 8. The van der Waals surface area contributed by atoms with E-state index in [4.69, 9.17) is 0 Å². The standard InChI is InChI=1S/C16H17N3O6/c1-2-16(14(20)21,15(22)23)7-11-8-17-18(9-11)10-12-5-3-4-6-13(12)19(24)25/h3-6,8-9H,2,7,10H2,1H3,(H,20,21)(H,22,23). The van der Waals surface area contributed by atoms with E-state index in [0.717, 1.165) is 0 Å². The van der Waals surface area contributed by atoms with Crippen molar-refractivity contribution in [2.24, 2.45) is 5.41 Å².